The van der Waals surface area contributed by atoms with E-state index < -0.39 is 0 Å². The van der Waals surface area contributed by atoms with E-state index in [0.29, 0.717) is 12.6 Å². The molecule has 112 valence electrons. The average molecular weight is 305 g/mol. The molecule has 0 saturated carbocycles. The van der Waals surface area contributed by atoms with E-state index in [1.807, 2.05) is 18.3 Å². The van der Waals surface area contributed by atoms with E-state index in [9.17, 15) is 0 Å². The van der Waals surface area contributed by atoms with Crippen molar-refractivity contribution in [3.05, 3.63) is 21.9 Å². The van der Waals surface area contributed by atoms with Crippen molar-refractivity contribution in [3.8, 4) is 6.01 Å². The second kappa shape index (κ2) is 6.26. The van der Waals surface area contributed by atoms with Crippen LogP contribution in [-0.4, -0.2) is 21.6 Å². The predicted molar refractivity (Wildman–Crippen MR) is 83.6 cm³/mol. The number of rotatable bonds is 5. The van der Waals surface area contributed by atoms with Crippen molar-refractivity contribution in [1.29, 1.82) is 0 Å². The van der Waals surface area contributed by atoms with E-state index in [-0.39, 0.29) is 18.0 Å². The highest BCUT2D eigenvalue weighted by atomic mass is 32.1. The molecule has 0 aromatic carbocycles. The van der Waals surface area contributed by atoms with Gasteiger partial charge in [0.25, 0.3) is 0 Å². The van der Waals surface area contributed by atoms with Crippen LogP contribution in [0.15, 0.2) is 11.4 Å². The minimum Gasteiger partial charge on any atom is -0.463 e. The van der Waals surface area contributed by atoms with Gasteiger partial charge in [0.05, 0.1) is 12.6 Å². The Morgan fingerprint density at radius 2 is 2.33 bits per heavy atom. The van der Waals surface area contributed by atoms with Gasteiger partial charge in [-0.2, -0.15) is 15.0 Å². The quantitative estimate of drug-likeness (QED) is 0.883. The van der Waals surface area contributed by atoms with Gasteiger partial charge in [-0.15, -0.1) is 11.3 Å². The number of hydrogen-bond donors (Lipinski definition) is 2. The van der Waals surface area contributed by atoms with Crippen LogP contribution in [0.5, 0.6) is 6.01 Å². The zero-order chi connectivity index (χ0) is 14.7. The average Bonchev–Trinajstić information content (AvgIpc) is 2.94. The van der Waals surface area contributed by atoms with Gasteiger partial charge in [0, 0.05) is 4.88 Å². The zero-order valence-corrected chi connectivity index (χ0v) is 12.8. The van der Waals surface area contributed by atoms with Gasteiger partial charge in [0.15, 0.2) is 0 Å². The number of nitrogen functional groups attached to an aromatic ring is 1. The van der Waals surface area contributed by atoms with Crippen molar-refractivity contribution in [2.45, 2.75) is 38.6 Å². The second-order valence-electron chi connectivity index (χ2n) is 5.04. The lowest BCUT2D eigenvalue weighted by Crippen LogP contribution is -2.18. The molecule has 0 radical (unpaired) electrons. The molecule has 2 aromatic heterocycles. The van der Waals surface area contributed by atoms with E-state index in [1.54, 1.807) is 0 Å². The molecule has 0 spiro atoms. The highest BCUT2D eigenvalue weighted by Crippen LogP contribution is 2.35. The van der Waals surface area contributed by atoms with Crippen LogP contribution in [0.4, 0.5) is 11.9 Å². The number of aryl methyl sites for hydroxylation is 1. The van der Waals surface area contributed by atoms with Crippen LogP contribution in [-0.2, 0) is 6.42 Å². The molecule has 1 unspecified atom stereocenters. The molecule has 0 bridgehead atoms. The van der Waals surface area contributed by atoms with Crippen molar-refractivity contribution in [3.63, 3.8) is 0 Å². The number of thiophene rings is 1. The van der Waals surface area contributed by atoms with Crippen LogP contribution >= 0.6 is 11.3 Å². The molecule has 2 heterocycles. The van der Waals surface area contributed by atoms with E-state index in [1.165, 1.54) is 16.9 Å². The van der Waals surface area contributed by atoms with Crippen LogP contribution in [0.1, 0.15) is 42.7 Å². The second-order valence-corrected chi connectivity index (χ2v) is 6.04. The molecule has 7 heteroatoms. The van der Waals surface area contributed by atoms with Gasteiger partial charge in [-0.25, -0.2) is 0 Å². The fourth-order valence-electron chi connectivity index (χ4n) is 2.49. The lowest BCUT2D eigenvalue weighted by molar-refractivity contribution is 0.292. The molecule has 3 rings (SSSR count). The summed E-state index contributed by atoms with van der Waals surface area (Å²) in [5, 5.41) is 5.51. The molecule has 1 atom stereocenters. The maximum absolute atomic E-state index is 5.73. The summed E-state index contributed by atoms with van der Waals surface area (Å²) in [4.78, 5) is 13.9. The number of ether oxygens (including phenoxy) is 1. The Labute approximate surface area is 127 Å². The maximum atomic E-state index is 5.73. The SMILES string of the molecule is CCCOc1nc(N)nc(NC2CCCc3sccc32)n1. The molecule has 0 amide bonds. The number of hydrogen-bond acceptors (Lipinski definition) is 7. The summed E-state index contributed by atoms with van der Waals surface area (Å²) in [6.45, 7) is 2.60. The van der Waals surface area contributed by atoms with Crippen molar-refractivity contribution >= 4 is 23.2 Å². The van der Waals surface area contributed by atoms with Gasteiger partial charge in [-0.05, 0) is 42.7 Å². The first-order valence-electron chi connectivity index (χ1n) is 7.23. The van der Waals surface area contributed by atoms with Gasteiger partial charge >= 0.3 is 6.01 Å². The number of aromatic nitrogens is 3. The van der Waals surface area contributed by atoms with Crippen LogP contribution in [0, 0.1) is 0 Å². The highest BCUT2D eigenvalue weighted by Gasteiger charge is 2.22. The Balaban J connectivity index is 1.78. The Morgan fingerprint density at radius 1 is 1.43 bits per heavy atom. The Hall–Kier alpha value is -1.89. The summed E-state index contributed by atoms with van der Waals surface area (Å²) in [5.41, 5.74) is 7.08. The van der Waals surface area contributed by atoms with Gasteiger partial charge in [-0.3, -0.25) is 0 Å². The van der Waals surface area contributed by atoms with E-state index >= 15 is 0 Å². The molecule has 21 heavy (non-hydrogen) atoms. The molecule has 1 aliphatic rings. The van der Waals surface area contributed by atoms with Crippen molar-refractivity contribution in [2.24, 2.45) is 0 Å². The first kappa shape index (κ1) is 14.1. The normalized spacial score (nSPS) is 17.3. The standard InChI is InChI=1S/C14H19N5OS/c1-2-7-20-14-18-12(15)17-13(19-14)16-10-4-3-5-11-9(10)6-8-21-11/h6,8,10H,2-5,7H2,1H3,(H3,15,16,17,18,19). The highest BCUT2D eigenvalue weighted by molar-refractivity contribution is 7.10. The first-order valence-corrected chi connectivity index (χ1v) is 8.11. The van der Waals surface area contributed by atoms with Gasteiger partial charge in [-0.1, -0.05) is 6.92 Å². The van der Waals surface area contributed by atoms with Crippen LogP contribution in [0.25, 0.3) is 0 Å². The molecule has 6 nitrogen and oxygen atoms in total. The van der Waals surface area contributed by atoms with Gasteiger partial charge in [0.2, 0.25) is 11.9 Å². The van der Waals surface area contributed by atoms with Crippen molar-refractivity contribution in [1.82, 2.24) is 15.0 Å². The zero-order valence-electron chi connectivity index (χ0n) is 12.0. The Bertz CT molecular complexity index is 615. The predicted octanol–water partition coefficient (Wildman–Crippen LogP) is 2.79. The van der Waals surface area contributed by atoms with Crippen molar-refractivity contribution < 1.29 is 4.74 Å². The molecule has 2 aromatic rings. The Kier molecular flexibility index (Phi) is 4.19. The summed E-state index contributed by atoms with van der Waals surface area (Å²) in [7, 11) is 0. The van der Waals surface area contributed by atoms with E-state index in [0.717, 1.165) is 19.3 Å². The van der Waals surface area contributed by atoms with Gasteiger partial charge < -0.3 is 15.8 Å². The largest absolute Gasteiger partial charge is 0.463 e. The molecular formula is C14H19N5OS. The third-order valence-corrected chi connectivity index (χ3v) is 4.42. The fraction of sp³-hybridized carbons (Fsp3) is 0.500. The van der Waals surface area contributed by atoms with Crippen LogP contribution in [0.3, 0.4) is 0 Å². The maximum Gasteiger partial charge on any atom is 0.323 e. The minimum atomic E-state index is 0.181. The topological polar surface area (TPSA) is 86.0 Å². The number of nitrogens with two attached hydrogens (primary N) is 1. The summed E-state index contributed by atoms with van der Waals surface area (Å²) in [6.07, 6.45) is 4.30. The third kappa shape index (κ3) is 3.24. The first-order chi connectivity index (χ1) is 10.3. The smallest absolute Gasteiger partial charge is 0.323 e. The van der Waals surface area contributed by atoms with Crippen LogP contribution < -0.4 is 15.8 Å². The summed E-state index contributed by atoms with van der Waals surface area (Å²) >= 11 is 1.81. The van der Waals surface area contributed by atoms with Crippen LogP contribution in [0.2, 0.25) is 0 Å². The summed E-state index contributed by atoms with van der Waals surface area (Å²) in [5.74, 6) is 0.664. The lowest BCUT2D eigenvalue weighted by atomic mass is 9.94. The fourth-order valence-corrected chi connectivity index (χ4v) is 3.47. The summed E-state index contributed by atoms with van der Waals surface area (Å²) in [6, 6.07) is 2.70. The monoisotopic (exact) mass is 305 g/mol. The lowest BCUT2D eigenvalue weighted by Gasteiger charge is -2.23. The Morgan fingerprint density at radius 3 is 3.19 bits per heavy atom. The number of nitrogens with zero attached hydrogens (tertiary/aromatic N) is 3. The number of anilines is 2. The molecule has 1 aliphatic carbocycles. The number of fused-ring (bicyclic) bond motifs is 1. The summed E-state index contributed by atoms with van der Waals surface area (Å²) < 4.78 is 5.44. The molecule has 0 saturated heterocycles. The van der Waals surface area contributed by atoms with E-state index in [4.69, 9.17) is 10.5 Å². The third-order valence-electron chi connectivity index (χ3n) is 3.42. The molecule has 0 fully saturated rings. The van der Waals surface area contributed by atoms with E-state index in [2.05, 4.69) is 31.7 Å². The minimum absolute atomic E-state index is 0.181. The molecule has 3 N–H and O–H groups in total. The van der Waals surface area contributed by atoms with Gasteiger partial charge in [0.1, 0.15) is 0 Å². The molecular weight excluding hydrogens is 286 g/mol. The molecule has 0 aliphatic heterocycles. The number of nitrogens with one attached hydrogen (secondary N) is 1. The van der Waals surface area contributed by atoms with Crippen molar-refractivity contribution in [2.75, 3.05) is 17.7 Å².